The average molecular weight is 561 g/mol. The van der Waals surface area contributed by atoms with Gasteiger partial charge in [0.15, 0.2) is 0 Å². The Morgan fingerprint density at radius 1 is 1.18 bits per heavy atom. The van der Waals surface area contributed by atoms with E-state index in [1.165, 1.54) is 4.90 Å². The van der Waals surface area contributed by atoms with Gasteiger partial charge in [0.2, 0.25) is 11.9 Å². The van der Waals surface area contributed by atoms with Crippen LogP contribution >= 0.6 is 23.2 Å². The van der Waals surface area contributed by atoms with Crippen molar-refractivity contribution in [1.29, 1.82) is 0 Å². The molecule has 11 nitrogen and oxygen atoms in total. The standard InChI is InChI=1S/C25H30Cl2N8O3/c1-3-8-32(9-6-17-4-5-20(38-2)18(26)13-17)23(36)19-15-33(11-12-35(19)24(28)37)22-14-21(27)30-25(31-22)34-10-7-29-16-34/h4-5,7,10,13-14,16,19H,3,6,8-9,11-12,15H2,1-2H3,(H2,28,37). The number of nitrogens with zero attached hydrogens (tertiary/aromatic N) is 7. The lowest BCUT2D eigenvalue weighted by Crippen LogP contribution is -2.62. The van der Waals surface area contributed by atoms with Crippen LogP contribution in [0, 0.1) is 0 Å². The summed E-state index contributed by atoms with van der Waals surface area (Å²) in [6, 6.07) is 5.79. The predicted octanol–water partition coefficient (Wildman–Crippen LogP) is 3.03. The molecule has 1 aliphatic rings. The minimum Gasteiger partial charge on any atom is -0.495 e. The highest BCUT2D eigenvalue weighted by molar-refractivity contribution is 6.32. The van der Waals surface area contributed by atoms with Gasteiger partial charge < -0.3 is 25.2 Å². The van der Waals surface area contributed by atoms with E-state index < -0.39 is 12.1 Å². The summed E-state index contributed by atoms with van der Waals surface area (Å²) in [4.78, 5) is 44.2. The molecule has 3 amide bonds. The molecule has 1 fully saturated rings. The molecular formula is C25H30Cl2N8O3. The predicted molar refractivity (Wildman–Crippen MR) is 145 cm³/mol. The Kier molecular flexibility index (Phi) is 8.90. The van der Waals surface area contributed by atoms with Crippen LogP contribution in [0.25, 0.3) is 5.95 Å². The molecule has 0 radical (unpaired) electrons. The summed E-state index contributed by atoms with van der Waals surface area (Å²) >= 11 is 12.6. The topological polar surface area (TPSA) is 123 Å². The van der Waals surface area contributed by atoms with Crippen LogP contribution in [0.5, 0.6) is 5.75 Å². The van der Waals surface area contributed by atoms with Gasteiger partial charge in [-0.1, -0.05) is 36.2 Å². The van der Waals surface area contributed by atoms with Crippen LogP contribution in [0.3, 0.4) is 0 Å². The molecular weight excluding hydrogens is 531 g/mol. The first-order valence-electron chi connectivity index (χ1n) is 12.3. The maximum Gasteiger partial charge on any atom is 0.315 e. The minimum atomic E-state index is -0.780. The number of methoxy groups -OCH3 is 1. The maximum absolute atomic E-state index is 13.8. The molecule has 1 saturated heterocycles. The number of hydrogen-bond acceptors (Lipinski definition) is 7. The molecule has 202 valence electrons. The molecule has 38 heavy (non-hydrogen) atoms. The first-order valence-corrected chi connectivity index (χ1v) is 13.0. The highest BCUT2D eigenvalue weighted by Gasteiger charge is 2.37. The van der Waals surface area contributed by atoms with Gasteiger partial charge in [0.1, 0.15) is 29.1 Å². The fourth-order valence-corrected chi connectivity index (χ4v) is 4.91. The summed E-state index contributed by atoms with van der Waals surface area (Å²) < 4.78 is 6.87. The number of piperazine rings is 1. The van der Waals surface area contributed by atoms with Crippen LogP contribution in [-0.2, 0) is 11.2 Å². The van der Waals surface area contributed by atoms with Crippen molar-refractivity contribution >= 4 is 41.0 Å². The van der Waals surface area contributed by atoms with Crippen LogP contribution < -0.4 is 15.4 Å². The highest BCUT2D eigenvalue weighted by Crippen LogP contribution is 2.26. The number of nitrogens with two attached hydrogens (primary N) is 1. The third-order valence-electron chi connectivity index (χ3n) is 6.37. The number of hydrogen-bond donors (Lipinski definition) is 1. The number of carbonyl (C=O) groups excluding carboxylic acids is 2. The van der Waals surface area contributed by atoms with Gasteiger partial charge in [-0.3, -0.25) is 9.36 Å². The van der Waals surface area contributed by atoms with Crippen molar-refractivity contribution in [3.05, 3.63) is 58.7 Å². The van der Waals surface area contributed by atoms with Crippen molar-refractivity contribution in [2.75, 3.05) is 44.7 Å². The highest BCUT2D eigenvalue weighted by atomic mass is 35.5. The molecule has 13 heteroatoms. The second-order valence-electron chi connectivity index (χ2n) is 8.86. The van der Waals surface area contributed by atoms with Crippen molar-refractivity contribution in [3.8, 4) is 11.7 Å². The third kappa shape index (κ3) is 6.28. The lowest BCUT2D eigenvalue weighted by Gasteiger charge is -2.42. The number of urea groups is 1. The van der Waals surface area contributed by atoms with E-state index in [2.05, 4.69) is 15.0 Å². The number of amides is 3. The van der Waals surface area contributed by atoms with Crippen molar-refractivity contribution in [2.24, 2.45) is 5.73 Å². The van der Waals surface area contributed by atoms with Gasteiger partial charge in [0.05, 0.1) is 12.1 Å². The van der Waals surface area contributed by atoms with Gasteiger partial charge in [-0.15, -0.1) is 0 Å². The SMILES string of the molecule is CCCN(CCc1ccc(OC)c(Cl)c1)C(=O)C1CN(c2cc(Cl)nc(-n3ccnc3)n2)CCN1C(N)=O. The number of imidazole rings is 1. The van der Waals surface area contributed by atoms with Crippen LogP contribution in [-0.4, -0.2) is 87.1 Å². The van der Waals surface area contributed by atoms with E-state index in [0.29, 0.717) is 48.6 Å². The van der Waals surface area contributed by atoms with Crippen molar-refractivity contribution in [2.45, 2.75) is 25.8 Å². The van der Waals surface area contributed by atoms with Crippen molar-refractivity contribution in [3.63, 3.8) is 0 Å². The molecule has 3 heterocycles. The lowest BCUT2D eigenvalue weighted by molar-refractivity contribution is -0.136. The maximum atomic E-state index is 13.8. The summed E-state index contributed by atoms with van der Waals surface area (Å²) in [6.07, 6.45) is 6.26. The summed E-state index contributed by atoms with van der Waals surface area (Å²) in [7, 11) is 1.56. The van der Waals surface area contributed by atoms with Crippen LogP contribution in [0.15, 0.2) is 43.0 Å². The largest absolute Gasteiger partial charge is 0.495 e. The number of primary amides is 1. The van der Waals surface area contributed by atoms with Gasteiger partial charge in [0, 0.05) is 51.2 Å². The number of benzene rings is 1. The number of carbonyl (C=O) groups is 2. The van der Waals surface area contributed by atoms with Gasteiger partial charge in [-0.25, -0.2) is 14.8 Å². The monoisotopic (exact) mass is 560 g/mol. The smallest absolute Gasteiger partial charge is 0.315 e. The Morgan fingerprint density at radius 2 is 2.00 bits per heavy atom. The first-order chi connectivity index (χ1) is 18.3. The molecule has 0 aliphatic carbocycles. The molecule has 2 N–H and O–H groups in total. The minimum absolute atomic E-state index is 0.176. The Balaban J connectivity index is 1.54. The molecule has 0 saturated carbocycles. The number of halogens is 2. The Hall–Kier alpha value is -3.57. The molecule has 0 bridgehead atoms. The fourth-order valence-electron chi connectivity index (χ4n) is 4.46. The molecule has 1 aliphatic heterocycles. The van der Waals surface area contributed by atoms with Gasteiger partial charge in [-0.05, 0) is 30.5 Å². The molecule has 1 unspecified atom stereocenters. The molecule has 4 rings (SSSR count). The molecule has 0 spiro atoms. The van der Waals surface area contributed by atoms with Crippen LogP contribution in [0.1, 0.15) is 18.9 Å². The molecule has 1 atom stereocenters. The van der Waals surface area contributed by atoms with E-state index in [1.807, 2.05) is 30.0 Å². The molecule has 2 aromatic heterocycles. The second kappa shape index (κ2) is 12.3. The van der Waals surface area contributed by atoms with E-state index in [-0.39, 0.29) is 24.1 Å². The van der Waals surface area contributed by atoms with Gasteiger partial charge in [0.25, 0.3) is 0 Å². The summed E-state index contributed by atoms with van der Waals surface area (Å²) in [5.41, 5.74) is 6.67. The number of rotatable bonds is 9. The normalized spacial score (nSPS) is 15.4. The fraction of sp³-hybridized carbons (Fsp3) is 0.400. The number of aromatic nitrogens is 4. The van der Waals surface area contributed by atoms with E-state index in [9.17, 15) is 9.59 Å². The Morgan fingerprint density at radius 3 is 2.66 bits per heavy atom. The number of anilines is 1. The summed E-state index contributed by atoms with van der Waals surface area (Å²) in [6.45, 7) is 3.92. The van der Waals surface area contributed by atoms with E-state index in [4.69, 9.17) is 33.7 Å². The Labute approximate surface area is 231 Å². The number of ether oxygens (including phenoxy) is 1. The Bertz CT molecular complexity index is 1270. The van der Waals surface area contributed by atoms with E-state index in [1.54, 1.807) is 41.4 Å². The average Bonchev–Trinajstić information content (AvgIpc) is 3.45. The van der Waals surface area contributed by atoms with Crippen LogP contribution in [0.4, 0.5) is 10.6 Å². The molecule has 1 aromatic carbocycles. The third-order valence-corrected chi connectivity index (χ3v) is 6.86. The quantitative estimate of drug-likeness (QED) is 0.399. The summed E-state index contributed by atoms with van der Waals surface area (Å²) in [5.74, 6) is 1.32. The summed E-state index contributed by atoms with van der Waals surface area (Å²) in [5, 5.41) is 0.768. The van der Waals surface area contributed by atoms with Gasteiger partial charge >= 0.3 is 6.03 Å². The zero-order valence-electron chi connectivity index (χ0n) is 21.3. The van der Waals surface area contributed by atoms with Crippen molar-refractivity contribution in [1.82, 2.24) is 29.3 Å². The molecule has 3 aromatic rings. The van der Waals surface area contributed by atoms with Crippen molar-refractivity contribution < 1.29 is 14.3 Å². The van der Waals surface area contributed by atoms with E-state index in [0.717, 1.165) is 12.0 Å². The lowest BCUT2D eigenvalue weighted by atomic mass is 10.1. The van der Waals surface area contributed by atoms with E-state index >= 15 is 0 Å². The second-order valence-corrected chi connectivity index (χ2v) is 9.65. The first kappa shape index (κ1) is 27.5. The van der Waals surface area contributed by atoms with Gasteiger partial charge in [-0.2, -0.15) is 4.98 Å². The zero-order chi connectivity index (χ0) is 27.2. The zero-order valence-corrected chi connectivity index (χ0v) is 22.8. The van der Waals surface area contributed by atoms with Crippen LogP contribution in [0.2, 0.25) is 10.2 Å².